The highest BCUT2D eigenvalue weighted by Crippen LogP contribution is 2.19. The highest BCUT2D eigenvalue weighted by molar-refractivity contribution is 9.10. The number of hydrazone groups is 1. The minimum atomic E-state index is -3.77. The van der Waals surface area contributed by atoms with Gasteiger partial charge in [-0.3, -0.25) is 9.52 Å². The fourth-order valence-electron chi connectivity index (χ4n) is 2.66. The summed E-state index contributed by atoms with van der Waals surface area (Å²) in [6.45, 7) is -1.27. The van der Waals surface area contributed by atoms with Crippen LogP contribution in [0.2, 0.25) is 0 Å². The molecule has 0 unspecified atom stereocenters. The van der Waals surface area contributed by atoms with Crippen LogP contribution in [0.3, 0.4) is 0 Å². The molecule has 0 saturated carbocycles. The summed E-state index contributed by atoms with van der Waals surface area (Å²) in [5, 5.41) is 4.00. The molecule has 3 aromatic rings. The number of alkyl halides is 2. The SMILES string of the molecule is C/C(=N\NC(=O)c1ccc(NS(=O)(=O)c2ccc(Br)cc2)cc1)c1ccc(OC(F)F)cc1. The number of benzene rings is 3. The summed E-state index contributed by atoms with van der Waals surface area (Å²) in [6, 6.07) is 17.8. The highest BCUT2D eigenvalue weighted by Gasteiger charge is 2.14. The standard InChI is InChI=1S/C22H18BrF2N3O4S/c1-14(15-4-10-19(11-5-15)32-22(24)25)26-27-21(29)16-2-8-18(9-3-16)28-33(30,31)20-12-6-17(23)7-13-20/h2-13,22,28H,1H3,(H,27,29)/b26-14+. The van der Waals surface area contributed by atoms with E-state index in [0.29, 0.717) is 17.0 Å². The van der Waals surface area contributed by atoms with Crippen molar-refractivity contribution in [1.82, 2.24) is 5.43 Å². The van der Waals surface area contributed by atoms with E-state index in [2.05, 4.69) is 35.9 Å². The number of halogens is 3. The molecule has 33 heavy (non-hydrogen) atoms. The van der Waals surface area contributed by atoms with Crippen LogP contribution in [0.1, 0.15) is 22.8 Å². The van der Waals surface area contributed by atoms with Gasteiger partial charge in [-0.1, -0.05) is 15.9 Å². The van der Waals surface area contributed by atoms with Crippen molar-refractivity contribution < 1.29 is 26.7 Å². The number of sulfonamides is 1. The molecular formula is C22H18BrF2N3O4S. The van der Waals surface area contributed by atoms with Gasteiger partial charge in [-0.15, -0.1) is 0 Å². The maximum absolute atomic E-state index is 12.4. The summed E-state index contributed by atoms with van der Waals surface area (Å²) in [6.07, 6.45) is 0. The molecule has 0 radical (unpaired) electrons. The van der Waals surface area contributed by atoms with Crippen molar-refractivity contribution in [3.8, 4) is 5.75 Å². The number of hydrogen-bond donors (Lipinski definition) is 2. The molecule has 0 aliphatic heterocycles. The van der Waals surface area contributed by atoms with Gasteiger partial charge in [0.2, 0.25) is 0 Å². The number of carbonyl (C=O) groups excluding carboxylic acids is 1. The van der Waals surface area contributed by atoms with Crippen molar-refractivity contribution >= 4 is 43.3 Å². The Morgan fingerprint density at radius 2 is 1.52 bits per heavy atom. The predicted molar refractivity (Wildman–Crippen MR) is 124 cm³/mol. The van der Waals surface area contributed by atoms with E-state index >= 15 is 0 Å². The fourth-order valence-corrected chi connectivity index (χ4v) is 3.98. The first-order valence-electron chi connectivity index (χ1n) is 9.42. The van der Waals surface area contributed by atoms with Crippen LogP contribution in [-0.4, -0.2) is 26.6 Å². The Kier molecular flexibility index (Phi) is 7.77. The Bertz CT molecular complexity index is 1250. The van der Waals surface area contributed by atoms with E-state index < -0.39 is 22.5 Å². The van der Waals surface area contributed by atoms with Crippen molar-refractivity contribution in [3.63, 3.8) is 0 Å². The molecule has 0 aromatic heterocycles. The van der Waals surface area contributed by atoms with Gasteiger partial charge in [-0.05, 0) is 85.3 Å². The summed E-state index contributed by atoms with van der Waals surface area (Å²) >= 11 is 3.25. The second kappa shape index (κ2) is 10.5. The molecule has 0 saturated heterocycles. The van der Waals surface area contributed by atoms with Crippen LogP contribution in [0.5, 0.6) is 5.75 Å². The Morgan fingerprint density at radius 1 is 0.939 bits per heavy atom. The van der Waals surface area contributed by atoms with E-state index in [9.17, 15) is 22.0 Å². The van der Waals surface area contributed by atoms with Gasteiger partial charge in [0, 0.05) is 15.7 Å². The zero-order valence-electron chi connectivity index (χ0n) is 17.1. The zero-order chi connectivity index (χ0) is 24.0. The molecular weight excluding hydrogens is 520 g/mol. The maximum atomic E-state index is 12.4. The summed E-state index contributed by atoms with van der Waals surface area (Å²) < 4.78 is 56.8. The van der Waals surface area contributed by atoms with Gasteiger partial charge in [0.05, 0.1) is 10.6 Å². The number of amides is 1. The molecule has 0 fully saturated rings. The van der Waals surface area contributed by atoms with Gasteiger partial charge in [0.25, 0.3) is 15.9 Å². The molecule has 0 atom stereocenters. The smallest absolute Gasteiger partial charge is 0.387 e. The number of rotatable bonds is 8. The number of nitrogens with one attached hydrogen (secondary N) is 2. The third-order valence-electron chi connectivity index (χ3n) is 4.35. The van der Waals surface area contributed by atoms with Crippen LogP contribution in [-0.2, 0) is 10.0 Å². The van der Waals surface area contributed by atoms with E-state index in [1.54, 1.807) is 19.1 Å². The van der Waals surface area contributed by atoms with Crippen LogP contribution in [0.25, 0.3) is 0 Å². The van der Waals surface area contributed by atoms with Gasteiger partial charge < -0.3 is 4.74 Å². The van der Waals surface area contributed by atoms with Crippen molar-refractivity contribution in [3.05, 3.63) is 88.4 Å². The molecule has 3 aromatic carbocycles. The first-order valence-corrected chi connectivity index (χ1v) is 11.7. The Balaban J connectivity index is 1.62. The fraction of sp³-hybridized carbons (Fsp3) is 0.0909. The lowest BCUT2D eigenvalue weighted by molar-refractivity contribution is -0.0498. The van der Waals surface area contributed by atoms with Gasteiger partial charge in [0.15, 0.2) is 0 Å². The van der Waals surface area contributed by atoms with E-state index in [4.69, 9.17) is 0 Å². The number of ether oxygens (including phenoxy) is 1. The summed E-state index contributed by atoms with van der Waals surface area (Å²) in [7, 11) is -3.77. The largest absolute Gasteiger partial charge is 0.435 e. The number of anilines is 1. The molecule has 0 aliphatic rings. The lowest BCUT2D eigenvalue weighted by Crippen LogP contribution is -2.19. The zero-order valence-corrected chi connectivity index (χ0v) is 19.5. The van der Waals surface area contributed by atoms with Crippen LogP contribution in [0.15, 0.2) is 87.3 Å². The van der Waals surface area contributed by atoms with Gasteiger partial charge in [-0.2, -0.15) is 13.9 Å². The van der Waals surface area contributed by atoms with Gasteiger partial charge in [-0.25, -0.2) is 13.8 Å². The average molecular weight is 538 g/mol. The molecule has 7 nitrogen and oxygen atoms in total. The third kappa shape index (κ3) is 6.83. The molecule has 0 aliphatic carbocycles. The van der Waals surface area contributed by atoms with Gasteiger partial charge in [0.1, 0.15) is 5.75 Å². The van der Waals surface area contributed by atoms with E-state index in [0.717, 1.165) is 4.47 Å². The van der Waals surface area contributed by atoms with E-state index in [1.165, 1.54) is 60.7 Å². The van der Waals surface area contributed by atoms with E-state index in [-0.39, 0.29) is 16.2 Å². The second-order valence-corrected chi connectivity index (χ2v) is 9.28. The molecule has 2 N–H and O–H groups in total. The van der Waals surface area contributed by atoms with Crippen LogP contribution >= 0.6 is 15.9 Å². The van der Waals surface area contributed by atoms with Crippen molar-refractivity contribution in [1.29, 1.82) is 0 Å². The lowest BCUT2D eigenvalue weighted by Gasteiger charge is -2.09. The second-order valence-electron chi connectivity index (χ2n) is 6.68. The molecule has 3 rings (SSSR count). The monoisotopic (exact) mass is 537 g/mol. The normalized spacial score (nSPS) is 11.8. The molecule has 0 spiro atoms. The summed E-state index contributed by atoms with van der Waals surface area (Å²) in [5.41, 5.74) is 4.01. The first-order chi connectivity index (χ1) is 15.6. The number of carbonyl (C=O) groups is 1. The van der Waals surface area contributed by atoms with Crippen molar-refractivity contribution in [2.24, 2.45) is 5.10 Å². The van der Waals surface area contributed by atoms with Crippen molar-refractivity contribution in [2.45, 2.75) is 18.4 Å². The van der Waals surface area contributed by atoms with Crippen LogP contribution < -0.4 is 14.9 Å². The van der Waals surface area contributed by atoms with Gasteiger partial charge >= 0.3 is 6.61 Å². The maximum Gasteiger partial charge on any atom is 0.387 e. The molecule has 1 amide bonds. The molecule has 11 heteroatoms. The summed E-state index contributed by atoms with van der Waals surface area (Å²) in [5.74, 6) is -0.490. The molecule has 0 bridgehead atoms. The Morgan fingerprint density at radius 3 is 2.09 bits per heavy atom. The topological polar surface area (TPSA) is 96.9 Å². The lowest BCUT2D eigenvalue weighted by atomic mass is 10.1. The quantitative estimate of drug-likeness (QED) is 0.312. The number of hydrogen-bond acceptors (Lipinski definition) is 5. The highest BCUT2D eigenvalue weighted by atomic mass is 79.9. The average Bonchev–Trinajstić information content (AvgIpc) is 2.78. The molecule has 0 heterocycles. The predicted octanol–water partition coefficient (Wildman–Crippen LogP) is 5.01. The minimum absolute atomic E-state index is 0.0152. The molecule has 172 valence electrons. The van der Waals surface area contributed by atoms with Crippen LogP contribution in [0, 0.1) is 0 Å². The van der Waals surface area contributed by atoms with Crippen LogP contribution in [0.4, 0.5) is 14.5 Å². The Labute approximate surface area is 197 Å². The number of nitrogens with zero attached hydrogens (tertiary/aromatic N) is 1. The summed E-state index contributed by atoms with van der Waals surface area (Å²) in [4.78, 5) is 12.4. The Hall–Kier alpha value is -3.31. The van der Waals surface area contributed by atoms with E-state index in [1.807, 2.05) is 0 Å². The third-order valence-corrected chi connectivity index (χ3v) is 6.27. The minimum Gasteiger partial charge on any atom is -0.435 e. The first kappa shape index (κ1) is 24.3. The van der Waals surface area contributed by atoms with Crippen molar-refractivity contribution in [2.75, 3.05) is 4.72 Å².